The Morgan fingerprint density at radius 3 is 2.53 bits per heavy atom. The molecule has 0 N–H and O–H groups in total. The maximum Gasteiger partial charge on any atom is 0.249 e. The number of ether oxygens (including phenoxy) is 2. The fraction of sp³-hybridized carbons (Fsp3) is 0.429. The highest BCUT2D eigenvalue weighted by Crippen LogP contribution is 2.27. The van der Waals surface area contributed by atoms with Gasteiger partial charge in [0.05, 0.1) is 20.6 Å². The fourth-order valence-electron chi connectivity index (χ4n) is 1.52. The van der Waals surface area contributed by atoms with E-state index in [-0.39, 0.29) is 12.3 Å². The van der Waals surface area contributed by atoms with Gasteiger partial charge in [0, 0.05) is 12.8 Å². The second-order valence-electron chi connectivity index (χ2n) is 4.33. The van der Waals surface area contributed by atoms with Crippen molar-refractivity contribution in [3.63, 3.8) is 0 Å². The van der Waals surface area contributed by atoms with Crippen LogP contribution < -0.4 is 9.47 Å². The van der Waals surface area contributed by atoms with Crippen molar-refractivity contribution in [1.29, 1.82) is 0 Å². The maximum absolute atomic E-state index is 11.7. The Hall–Kier alpha value is -1.88. The van der Waals surface area contributed by atoms with E-state index in [1.165, 1.54) is 0 Å². The summed E-state index contributed by atoms with van der Waals surface area (Å²) in [7, 11) is 6.99. The molecule has 0 saturated carbocycles. The third-order valence-corrected chi connectivity index (χ3v) is 2.49. The molecular weight excluding hydrogens is 244 g/mol. The first-order chi connectivity index (χ1) is 9.06. The predicted octanol–water partition coefficient (Wildman–Crippen LogP) is 1.41. The van der Waals surface area contributed by atoms with Crippen molar-refractivity contribution in [2.24, 2.45) is 4.99 Å². The number of carbonyl (C=O) groups is 1. The SMILES string of the molecule is COc1ccc(CC(=O)/N=C\CN(C)C)cc1OC. The summed E-state index contributed by atoms with van der Waals surface area (Å²) in [6, 6.07) is 5.41. The van der Waals surface area contributed by atoms with Gasteiger partial charge in [-0.15, -0.1) is 0 Å². The zero-order chi connectivity index (χ0) is 14.3. The summed E-state index contributed by atoms with van der Waals surface area (Å²) in [5.41, 5.74) is 0.852. The lowest BCUT2D eigenvalue weighted by atomic mass is 10.1. The monoisotopic (exact) mass is 264 g/mol. The number of carbonyl (C=O) groups excluding carboxylic acids is 1. The van der Waals surface area contributed by atoms with Crippen molar-refractivity contribution in [1.82, 2.24) is 4.90 Å². The summed E-state index contributed by atoms with van der Waals surface area (Å²) in [6.45, 7) is 0.650. The van der Waals surface area contributed by atoms with Crippen LogP contribution in [0.25, 0.3) is 0 Å². The molecule has 0 aliphatic heterocycles. The molecule has 0 atom stereocenters. The van der Waals surface area contributed by atoms with Crippen LogP contribution in [0.15, 0.2) is 23.2 Å². The lowest BCUT2D eigenvalue weighted by Crippen LogP contribution is -2.14. The summed E-state index contributed by atoms with van der Waals surface area (Å²) in [4.78, 5) is 17.5. The number of nitrogens with zero attached hydrogens (tertiary/aromatic N) is 2. The van der Waals surface area contributed by atoms with Crippen LogP contribution in [0.5, 0.6) is 11.5 Å². The van der Waals surface area contributed by atoms with E-state index in [4.69, 9.17) is 9.47 Å². The lowest BCUT2D eigenvalue weighted by molar-refractivity contribution is -0.117. The number of amides is 1. The maximum atomic E-state index is 11.7. The highest BCUT2D eigenvalue weighted by atomic mass is 16.5. The molecule has 0 heterocycles. The van der Waals surface area contributed by atoms with Gasteiger partial charge in [-0.25, -0.2) is 4.99 Å². The fourth-order valence-corrected chi connectivity index (χ4v) is 1.52. The Bertz CT molecular complexity index is 456. The van der Waals surface area contributed by atoms with Crippen molar-refractivity contribution in [2.45, 2.75) is 6.42 Å². The largest absolute Gasteiger partial charge is 0.493 e. The quantitative estimate of drug-likeness (QED) is 0.729. The molecule has 1 aromatic carbocycles. The average Bonchev–Trinajstić information content (AvgIpc) is 2.38. The van der Waals surface area contributed by atoms with E-state index in [1.807, 2.05) is 25.1 Å². The van der Waals surface area contributed by atoms with Crippen LogP contribution >= 0.6 is 0 Å². The van der Waals surface area contributed by atoms with Gasteiger partial charge in [-0.2, -0.15) is 0 Å². The Morgan fingerprint density at radius 2 is 1.95 bits per heavy atom. The standard InChI is InChI=1S/C14H20N2O3/c1-16(2)8-7-15-14(17)10-11-5-6-12(18-3)13(9-11)19-4/h5-7,9H,8,10H2,1-4H3/b15-7-. The van der Waals surface area contributed by atoms with Gasteiger partial charge in [0.2, 0.25) is 5.91 Å². The molecule has 5 heteroatoms. The molecule has 1 amide bonds. The minimum absolute atomic E-state index is 0.172. The molecular formula is C14H20N2O3. The van der Waals surface area contributed by atoms with E-state index in [0.717, 1.165) is 5.56 Å². The molecule has 0 aliphatic rings. The van der Waals surface area contributed by atoms with E-state index in [9.17, 15) is 4.79 Å². The second-order valence-corrected chi connectivity index (χ2v) is 4.33. The van der Waals surface area contributed by atoms with Crippen molar-refractivity contribution < 1.29 is 14.3 Å². The van der Waals surface area contributed by atoms with Gasteiger partial charge in [0.15, 0.2) is 11.5 Å². The zero-order valence-corrected chi connectivity index (χ0v) is 11.8. The summed E-state index contributed by atoms with van der Waals surface area (Å²) < 4.78 is 10.3. The molecule has 0 radical (unpaired) electrons. The first kappa shape index (κ1) is 15.2. The average molecular weight is 264 g/mol. The second kappa shape index (κ2) is 7.53. The summed E-state index contributed by atoms with van der Waals surface area (Å²) in [5, 5.41) is 0. The van der Waals surface area contributed by atoms with Gasteiger partial charge in [0.1, 0.15) is 0 Å². The highest BCUT2D eigenvalue weighted by Gasteiger charge is 2.07. The predicted molar refractivity (Wildman–Crippen MR) is 75.3 cm³/mol. The van der Waals surface area contributed by atoms with Crippen LogP contribution in [-0.2, 0) is 11.2 Å². The number of hydrogen-bond donors (Lipinski definition) is 0. The molecule has 104 valence electrons. The van der Waals surface area contributed by atoms with Crippen molar-refractivity contribution in [3.05, 3.63) is 23.8 Å². The first-order valence-electron chi connectivity index (χ1n) is 5.97. The minimum atomic E-state index is -0.172. The number of benzene rings is 1. The van der Waals surface area contributed by atoms with Crippen LogP contribution in [0.4, 0.5) is 0 Å². The van der Waals surface area contributed by atoms with Gasteiger partial charge in [0.25, 0.3) is 0 Å². The Morgan fingerprint density at radius 1 is 1.26 bits per heavy atom. The lowest BCUT2D eigenvalue weighted by Gasteiger charge is -2.08. The van der Waals surface area contributed by atoms with E-state index in [1.54, 1.807) is 32.6 Å². The van der Waals surface area contributed by atoms with Gasteiger partial charge in [-0.05, 0) is 31.8 Å². The van der Waals surface area contributed by atoms with E-state index in [2.05, 4.69) is 4.99 Å². The first-order valence-corrected chi connectivity index (χ1v) is 5.97. The molecule has 19 heavy (non-hydrogen) atoms. The molecule has 1 aromatic rings. The smallest absolute Gasteiger partial charge is 0.249 e. The summed E-state index contributed by atoms with van der Waals surface area (Å²) in [6.07, 6.45) is 1.87. The van der Waals surface area contributed by atoms with Crippen LogP contribution in [0.2, 0.25) is 0 Å². The van der Waals surface area contributed by atoms with Crippen molar-refractivity contribution >= 4 is 12.1 Å². The topological polar surface area (TPSA) is 51.1 Å². The summed E-state index contributed by atoms with van der Waals surface area (Å²) >= 11 is 0. The number of rotatable bonds is 6. The molecule has 0 spiro atoms. The minimum Gasteiger partial charge on any atom is -0.493 e. The normalized spacial score (nSPS) is 11.0. The van der Waals surface area contributed by atoms with Crippen LogP contribution in [0, 0.1) is 0 Å². The molecule has 0 saturated heterocycles. The number of aliphatic imine (C=N–C) groups is 1. The van der Waals surface area contributed by atoms with Crippen molar-refractivity contribution in [3.8, 4) is 11.5 Å². The third-order valence-electron chi connectivity index (χ3n) is 2.49. The molecule has 0 aromatic heterocycles. The van der Waals surface area contributed by atoms with E-state index < -0.39 is 0 Å². The van der Waals surface area contributed by atoms with E-state index in [0.29, 0.717) is 18.0 Å². The van der Waals surface area contributed by atoms with Gasteiger partial charge in [-0.1, -0.05) is 6.07 Å². The number of hydrogen-bond acceptors (Lipinski definition) is 4. The molecule has 1 rings (SSSR count). The Labute approximate surface area is 113 Å². The molecule has 0 unspecified atom stereocenters. The third kappa shape index (κ3) is 5.09. The Kier molecular flexibility index (Phi) is 6.02. The van der Waals surface area contributed by atoms with Crippen LogP contribution in [-0.4, -0.2) is 51.9 Å². The van der Waals surface area contributed by atoms with Gasteiger partial charge in [-0.3, -0.25) is 4.79 Å². The summed E-state index contributed by atoms with van der Waals surface area (Å²) in [5.74, 6) is 1.09. The zero-order valence-electron chi connectivity index (χ0n) is 11.8. The van der Waals surface area contributed by atoms with E-state index >= 15 is 0 Å². The number of methoxy groups -OCH3 is 2. The van der Waals surface area contributed by atoms with Crippen LogP contribution in [0.1, 0.15) is 5.56 Å². The molecule has 0 aliphatic carbocycles. The Balaban J connectivity index is 2.67. The molecule has 0 bridgehead atoms. The van der Waals surface area contributed by atoms with Crippen LogP contribution in [0.3, 0.4) is 0 Å². The molecule has 5 nitrogen and oxygen atoms in total. The van der Waals surface area contributed by atoms with Gasteiger partial charge < -0.3 is 14.4 Å². The molecule has 0 fully saturated rings. The van der Waals surface area contributed by atoms with Crippen molar-refractivity contribution in [2.75, 3.05) is 34.9 Å². The highest BCUT2D eigenvalue weighted by molar-refractivity contribution is 5.87. The van der Waals surface area contributed by atoms with Gasteiger partial charge >= 0.3 is 0 Å².